The van der Waals surface area contributed by atoms with Crippen molar-refractivity contribution < 1.29 is 23.0 Å². The van der Waals surface area contributed by atoms with Crippen molar-refractivity contribution in [1.29, 1.82) is 0 Å². The van der Waals surface area contributed by atoms with Crippen LogP contribution in [0, 0.1) is 11.8 Å². The Bertz CT molecular complexity index is 703. The number of alkyl halides is 2. The fraction of sp³-hybridized carbons (Fsp3) is 0.667. The molecule has 0 amide bonds. The van der Waals surface area contributed by atoms with Crippen LogP contribution in [0.3, 0.4) is 0 Å². The van der Waals surface area contributed by atoms with Gasteiger partial charge in [-0.05, 0) is 57.6 Å². The van der Waals surface area contributed by atoms with Crippen molar-refractivity contribution in [3.05, 3.63) is 24.0 Å². The highest BCUT2D eigenvalue weighted by molar-refractivity contribution is 5.50. The fourth-order valence-corrected chi connectivity index (χ4v) is 3.49. The molecule has 5 nitrogen and oxygen atoms in total. The van der Waals surface area contributed by atoms with Crippen LogP contribution >= 0.6 is 0 Å². The van der Waals surface area contributed by atoms with Crippen molar-refractivity contribution in [3.63, 3.8) is 0 Å². The van der Waals surface area contributed by atoms with Crippen molar-refractivity contribution in [2.45, 2.75) is 70.1 Å². The summed E-state index contributed by atoms with van der Waals surface area (Å²) < 4.78 is 43.1. The quantitative estimate of drug-likeness (QED) is 0.690. The molecule has 0 unspecified atom stereocenters. The predicted octanol–water partition coefficient (Wildman–Crippen LogP) is 3.61. The number of halogens is 2. The number of methoxy groups -OCH3 is 1. The summed E-state index contributed by atoms with van der Waals surface area (Å²) in [6.07, 6.45) is 2.30. The molecule has 3 rings (SSSR count). The molecule has 0 atom stereocenters. The van der Waals surface area contributed by atoms with E-state index < -0.39 is 12.2 Å². The Labute approximate surface area is 165 Å². The van der Waals surface area contributed by atoms with E-state index in [1.54, 1.807) is 33.2 Å². The molecule has 0 spiro atoms. The van der Waals surface area contributed by atoms with Crippen molar-refractivity contribution in [2.75, 3.05) is 25.1 Å². The lowest BCUT2D eigenvalue weighted by atomic mass is 9.91. The molecular weight excluding hydrogens is 366 g/mol. The Morgan fingerprint density at radius 3 is 2.54 bits per heavy atom. The Hall–Kier alpha value is -1.75. The number of pyridine rings is 1. The van der Waals surface area contributed by atoms with Crippen LogP contribution in [0.25, 0.3) is 0 Å². The largest absolute Gasteiger partial charge is 0.423 e. The van der Waals surface area contributed by atoms with Gasteiger partial charge in [0.25, 0.3) is 0 Å². The van der Waals surface area contributed by atoms with Gasteiger partial charge < -0.3 is 19.1 Å². The van der Waals surface area contributed by atoms with Gasteiger partial charge in [-0.25, -0.2) is 4.98 Å². The Balaban J connectivity index is 1.52. The normalized spacial score (nSPS) is 23.3. The van der Waals surface area contributed by atoms with E-state index in [1.165, 1.54) is 0 Å². The molecule has 0 aromatic carbocycles. The zero-order chi connectivity index (χ0) is 20.1. The van der Waals surface area contributed by atoms with Gasteiger partial charge in [0, 0.05) is 38.0 Å². The summed E-state index contributed by atoms with van der Waals surface area (Å²) in [5, 5.41) is 0. The van der Waals surface area contributed by atoms with E-state index in [1.807, 2.05) is 12.0 Å². The van der Waals surface area contributed by atoms with Gasteiger partial charge >= 0.3 is 6.11 Å². The first-order valence-electron chi connectivity index (χ1n) is 9.82. The second kappa shape index (κ2) is 9.17. The number of hydrogen-bond acceptors (Lipinski definition) is 5. The van der Waals surface area contributed by atoms with Gasteiger partial charge in [-0.15, -0.1) is 0 Å². The third-order valence-corrected chi connectivity index (χ3v) is 5.04. The molecule has 1 saturated carbocycles. The summed E-state index contributed by atoms with van der Waals surface area (Å²) in [7, 11) is 1.74. The van der Waals surface area contributed by atoms with E-state index in [0.29, 0.717) is 17.9 Å². The number of aromatic nitrogens is 1. The number of piperidine rings is 1. The maximum absolute atomic E-state index is 13.6. The average molecular weight is 394 g/mol. The van der Waals surface area contributed by atoms with E-state index in [4.69, 9.17) is 9.47 Å². The molecule has 154 valence electrons. The van der Waals surface area contributed by atoms with Crippen LogP contribution in [0.1, 0.15) is 45.2 Å². The lowest BCUT2D eigenvalue weighted by Crippen LogP contribution is -2.43. The van der Waals surface area contributed by atoms with Gasteiger partial charge in [0.1, 0.15) is 5.69 Å². The first-order valence-corrected chi connectivity index (χ1v) is 9.82. The Kier molecular flexibility index (Phi) is 6.86. The Morgan fingerprint density at radius 2 is 1.89 bits per heavy atom. The highest BCUT2D eigenvalue weighted by Gasteiger charge is 2.33. The predicted molar refractivity (Wildman–Crippen MR) is 102 cm³/mol. The van der Waals surface area contributed by atoms with Crippen molar-refractivity contribution in [3.8, 4) is 11.8 Å². The summed E-state index contributed by atoms with van der Waals surface area (Å²) in [5.74, 6) is 4.30. The van der Waals surface area contributed by atoms with E-state index in [2.05, 4.69) is 20.5 Å². The smallest absolute Gasteiger partial charge is 0.381 e. The van der Waals surface area contributed by atoms with Gasteiger partial charge in [-0.2, -0.15) is 8.78 Å². The molecule has 0 bridgehead atoms. The molecule has 7 heteroatoms. The molecule has 28 heavy (non-hydrogen) atoms. The monoisotopic (exact) mass is 394 g/mol. The highest BCUT2D eigenvalue weighted by Crippen LogP contribution is 2.30. The Morgan fingerprint density at radius 1 is 1.18 bits per heavy atom. The number of rotatable bonds is 6. The summed E-state index contributed by atoms with van der Waals surface area (Å²) in [4.78, 5) is 6.30. The van der Waals surface area contributed by atoms with Gasteiger partial charge in [-0.3, -0.25) is 0 Å². The number of nitrogens with zero attached hydrogens (tertiary/aromatic N) is 2. The molecule has 1 aromatic heterocycles. The first kappa shape index (κ1) is 21.0. The molecule has 1 aromatic rings. The molecular formula is C21H28F2N2O3. The standard InChI is InChI=1S/C21H28F2N2O3/c1-15(2)28-21(22,23)8-4-16-12-17(5-9-24-16)25-10-6-18(7-11-25)27-20-13-19(14-20)26-3/h5,9,12,15,18-20H,6-7,10-11,13-14H2,1-3H3. The van der Waals surface area contributed by atoms with E-state index in [0.717, 1.165) is 44.5 Å². The van der Waals surface area contributed by atoms with Crippen LogP contribution in [-0.4, -0.2) is 55.7 Å². The van der Waals surface area contributed by atoms with Crippen molar-refractivity contribution in [1.82, 2.24) is 4.98 Å². The molecule has 0 radical (unpaired) electrons. The highest BCUT2D eigenvalue weighted by atomic mass is 19.3. The topological polar surface area (TPSA) is 43.8 Å². The second-order valence-electron chi connectivity index (χ2n) is 7.61. The minimum Gasteiger partial charge on any atom is -0.381 e. The second-order valence-corrected chi connectivity index (χ2v) is 7.61. The zero-order valence-corrected chi connectivity index (χ0v) is 16.7. The van der Waals surface area contributed by atoms with Gasteiger partial charge in [0.2, 0.25) is 0 Å². The molecule has 1 aliphatic carbocycles. The van der Waals surface area contributed by atoms with E-state index >= 15 is 0 Å². The summed E-state index contributed by atoms with van der Waals surface area (Å²) in [6, 6.07) is 3.62. The lowest BCUT2D eigenvalue weighted by Gasteiger charge is -2.40. The summed E-state index contributed by atoms with van der Waals surface area (Å²) in [5.41, 5.74) is 1.25. The zero-order valence-electron chi connectivity index (χ0n) is 16.7. The molecule has 0 N–H and O–H groups in total. The van der Waals surface area contributed by atoms with E-state index in [9.17, 15) is 8.78 Å². The van der Waals surface area contributed by atoms with Crippen molar-refractivity contribution >= 4 is 5.69 Å². The molecule has 2 fully saturated rings. The van der Waals surface area contributed by atoms with Crippen LogP contribution in [0.15, 0.2) is 18.3 Å². The molecule has 1 aliphatic heterocycles. The summed E-state index contributed by atoms with van der Waals surface area (Å²) >= 11 is 0. The van der Waals surface area contributed by atoms with Crippen LogP contribution in [0.4, 0.5) is 14.5 Å². The van der Waals surface area contributed by atoms with Crippen LogP contribution in [0.2, 0.25) is 0 Å². The van der Waals surface area contributed by atoms with Gasteiger partial charge in [0.05, 0.1) is 24.4 Å². The van der Waals surface area contributed by atoms with Crippen molar-refractivity contribution in [2.24, 2.45) is 0 Å². The van der Waals surface area contributed by atoms with Gasteiger partial charge in [0.15, 0.2) is 0 Å². The van der Waals surface area contributed by atoms with Gasteiger partial charge in [-0.1, -0.05) is 0 Å². The average Bonchev–Trinajstić information content (AvgIpc) is 2.62. The third kappa shape index (κ3) is 5.87. The van der Waals surface area contributed by atoms with Crippen LogP contribution in [0.5, 0.6) is 0 Å². The minimum atomic E-state index is -3.48. The summed E-state index contributed by atoms with van der Waals surface area (Å²) in [6.45, 7) is 4.80. The van der Waals surface area contributed by atoms with E-state index in [-0.39, 0.29) is 6.10 Å². The third-order valence-electron chi connectivity index (χ3n) is 5.04. The molecule has 1 saturated heterocycles. The first-order chi connectivity index (χ1) is 13.3. The number of hydrogen-bond donors (Lipinski definition) is 0. The number of ether oxygens (including phenoxy) is 3. The SMILES string of the molecule is COC1CC(OC2CCN(c3ccnc(C#CC(F)(F)OC(C)C)c3)CC2)C1. The lowest BCUT2D eigenvalue weighted by molar-refractivity contribution is -0.212. The maximum atomic E-state index is 13.6. The maximum Gasteiger partial charge on any atom is 0.423 e. The van der Waals surface area contributed by atoms with Crippen LogP contribution in [-0.2, 0) is 14.2 Å². The number of anilines is 1. The van der Waals surface area contributed by atoms with Crippen LogP contribution < -0.4 is 4.90 Å². The fourth-order valence-electron chi connectivity index (χ4n) is 3.49. The molecule has 2 aliphatic rings. The molecule has 2 heterocycles. The minimum absolute atomic E-state index is 0.270.